The van der Waals surface area contributed by atoms with Crippen molar-refractivity contribution in [3.05, 3.63) is 82.5 Å². The van der Waals surface area contributed by atoms with Crippen LogP contribution in [0, 0.1) is 12.8 Å². The van der Waals surface area contributed by atoms with Crippen LogP contribution in [0.1, 0.15) is 58.9 Å². The average Bonchev–Trinajstić information content (AvgIpc) is 3.56. The lowest BCUT2D eigenvalue weighted by Gasteiger charge is -2.40. The van der Waals surface area contributed by atoms with Gasteiger partial charge in [0.1, 0.15) is 22.9 Å². The fourth-order valence-electron chi connectivity index (χ4n) is 9.16. The van der Waals surface area contributed by atoms with Gasteiger partial charge in [-0.2, -0.15) is 4.98 Å². The number of halogens is 1. The van der Waals surface area contributed by atoms with Crippen molar-refractivity contribution in [2.75, 3.05) is 91.4 Å². The summed E-state index contributed by atoms with van der Waals surface area (Å²) >= 11 is 6.50. The topological polar surface area (TPSA) is 219 Å². The molecule has 0 bridgehead atoms. The number of anilines is 7. The van der Waals surface area contributed by atoms with Gasteiger partial charge in [-0.3, -0.25) is 43.4 Å². The number of hydrogen-bond acceptors (Lipinski definition) is 15. The van der Waals surface area contributed by atoms with E-state index in [4.69, 9.17) is 16.3 Å². The minimum atomic E-state index is -3.52. The van der Waals surface area contributed by atoms with Gasteiger partial charge in [0, 0.05) is 76.7 Å². The highest BCUT2D eigenvalue weighted by atomic mass is 35.5. The Kier molecular flexibility index (Phi) is 13.6. The molecule has 2 unspecified atom stereocenters. The summed E-state index contributed by atoms with van der Waals surface area (Å²) in [5.41, 5.74) is 4.32. The Bertz CT molecular complexity index is 2730. The lowest BCUT2D eigenvalue weighted by molar-refractivity contribution is -0.136. The zero-order valence-electron chi connectivity index (χ0n) is 38.0. The number of para-hydroxylation sites is 2. The molecule has 0 radical (unpaired) electrons. The Balaban J connectivity index is 0.826. The van der Waals surface area contributed by atoms with Crippen molar-refractivity contribution >= 4 is 91.4 Å². The molecular formula is C46H54ClN11O8S. The second-order valence-electron chi connectivity index (χ2n) is 17.3. The van der Waals surface area contributed by atoms with E-state index in [9.17, 15) is 32.4 Å². The smallest absolute Gasteiger partial charge is 0.264 e. The van der Waals surface area contributed by atoms with Crippen LogP contribution >= 0.6 is 11.6 Å². The monoisotopic (exact) mass is 955 g/mol. The van der Waals surface area contributed by atoms with Gasteiger partial charge >= 0.3 is 0 Å². The summed E-state index contributed by atoms with van der Waals surface area (Å²) in [4.78, 5) is 81.3. The van der Waals surface area contributed by atoms with Gasteiger partial charge in [0.05, 0.1) is 47.8 Å². The maximum absolute atomic E-state index is 13.7. The van der Waals surface area contributed by atoms with Gasteiger partial charge in [-0.15, -0.1) is 0 Å². The highest BCUT2D eigenvalue weighted by Gasteiger charge is 2.46. The summed E-state index contributed by atoms with van der Waals surface area (Å²) in [7, 11) is -0.437. The molecule has 4 aliphatic rings. The molecule has 4 N–H and O–H groups in total. The number of nitrogens with one attached hydrogen (secondary N) is 4. The average molecular weight is 957 g/mol. The van der Waals surface area contributed by atoms with E-state index in [1.165, 1.54) is 23.6 Å². The number of sulfonamides is 1. The molecule has 0 saturated carbocycles. The van der Waals surface area contributed by atoms with E-state index in [1.54, 1.807) is 50.4 Å². The van der Waals surface area contributed by atoms with Crippen LogP contribution in [0.3, 0.4) is 0 Å². The van der Waals surface area contributed by atoms with Crippen LogP contribution in [0.15, 0.2) is 60.8 Å². The summed E-state index contributed by atoms with van der Waals surface area (Å²) in [6, 6.07) is 14.0. The minimum Gasteiger partial charge on any atom is -0.494 e. The van der Waals surface area contributed by atoms with Crippen LogP contribution < -0.4 is 35.2 Å². The normalized spacial score (nSPS) is 18.7. The van der Waals surface area contributed by atoms with Gasteiger partial charge in [0.25, 0.3) is 11.8 Å². The number of piperidine rings is 2. The summed E-state index contributed by atoms with van der Waals surface area (Å²) in [5.74, 6) is -0.810. The number of fused-ring (bicyclic) bond motifs is 1. The van der Waals surface area contributed by atoms with E-state index < -0.39 is 45.7 Å². The number of piperazine rings is 1. The first-order valence-electron chi connectivity index (χ1n) is 22.2. The van der Waals surface area contributed by atoms with Crippen molar-refractivity contribution in [2.45, 2.75) is 51.6 Å². The number of methoxy groups -OCH3 is 1. The van der Waals surface area contributed by atoms with Gasteiger partial charge in [-0.25, -0.2) is 13.4 Å². The third-order valence-electron chi connectivity index (χ3n) is 12.9. The van der Waals surface area contributed by atoms with Gasteiger partial charge in [-0.05, 0) is 74.9 Å². The number of imide groups is 2. The zero-order valence-corrected chi connectivity index (χ0v) is 39.5. The maximum Gasteiger partial charge on any atom is 0.264 e. The van der Waals surface area contributed by atoms with Crippen molar-refractivity contribution in [1.29, 1.82) is 0 Å². The molecule has 4 aromatic rings. The van der Waals surface area contributed by atoms with Crippen LogP contribution in [0.25, 0.3) is 0 Å². The molecule has 1 aromatic heterocycles. The molecule has 67 heavy (non-hydrogen) atoms. The number of aryl methyl sites for hydroxylation is 1. The molecule has 0 spiro atoms. The predicted octanol–water partition coefficient (Wildman–Crippen LogP) is 4.59. The Labute approximate surface area is 394 Å². The van der Waals surface area contributed by atoms with E-state index in [1.807, 2.05) is 17.0 Å². The number of rotatable bonds is 14. The van der Waals surface area contributed by atoms with Crippen LogP contribution in [-0.4, -0.2) is 141 Å². The van der Waals surface area contributed by atoms with Crippen molar-refractivity contribution in [3.8, 4) is 5.75 Å². The molecule has 19 nitrogen and oxygen atoms in total. The first kappa shape index (κ1) is 47.0. The summed E-state index contributed by atoms with van der Waals surface area (Å²) in [6.45, 7) is 9.06. The number of carbonyl (C=O) groups is 5. The second kappa shape index (κ2) is 19.4. The maximum atomic E-state index is 13.7. The molecule has 3 saturated heterocycles. The molecular weight excluding hydrogens is 902 g/mol. The van der Waals surface area contributed by atoms with Crippen LogP contribution in [0.4, 0.5) is 40.2 Å². The van der Waals surface area contributed by atoms with Gasteiger partial charge in [0.15, 0.2) is 5.82 Å². The highest BCUT2D eigenvalue weighted by molar-refractivity contribution is 7.92. The predicted molar refractivity (Wildman–Crippen MR) is 255 cm³/mol. The largest absolute Gasteiger partial charge is 0.494 e. The van der Waals surface area contributed by atoms with Crippen molar-refractivity contribution in [3.63, 3.8) is 0 Å². The molecule has 21 heteroatoms. The Morgan fingerprint density at radius 2 is 1.66 bits per heavy atom. The lowest BCUT2D eigenvalue weighted by Crippen LogP contribution is -2.54. The van der Waals surface area contributed by atoms with Crippen molar-refractivity contribution in [1.82, 2.24) is 30.0 Å². The van der Waals surface area contributed by atoms with Crippen LogP contribution in [0.5, 0.6) is 5.75 Å². The number of nitrogens with zero attached hydrogens (tertiary/aromatic N) is 7. The molecule has 354 valence electrons. The van der Waals surface area contributed by atoms with Gasteiger partial charge < -0.3 is 30.5 Å². The third-order valence-corrected chi connectivity index (χ3v) is 14.3. The molecule has 0 aliphatic carbocycles. The molecule has 5 amide bonds. The zero-order chi connectivity index (χ0) is 47.7. The van der Waals surface area contributed by atoms with Gasteiger partial charge in [0.2, 0.25) is 33.7 Å². The highest BCUT2D eigenvalue weighted by Crippen LogP contribution is 2.38. The van der Waals surface area contributed by atoms with E-state index in [0.717, 1.165) is 68.0 Å². The molecule has 4 aliphatic heterocycles. The number of hydrogen-bond donors (Lipinski definition) is 4. The summed E-state index contributed by atoms with van der Waals surface area (Å²) < 4.78 is 31.6. The van der Waals surface area contributed by atoms with E-state index in [0.29, 0.717) is 47.5 Å². The standard InChI is InChI=1S/C46H54ClN11O8S/c1-27-23-34(51-46-48-25-31(47)41(53-46)50-32-10-6-7-12-35(32)54(3)67(5,64)65)38(66-4)24-37(27)56-17-15-29(16-18-56)26-55-19-21-57(22-20-55)43(61)28(2)49-33-11-8-9-30-40(33)45(63)58(44(30)62)36-13-14-39(59)52-42(36)60/h6-12,23-25,28-29,36,49H,13-22,26H2,1-5H3,(H,52,59,60)(H2,48,50,51,53). The Hall–Kier alpha value is -6.51. The quantitative estimate of drug-likeness (QED) is 0.127. The number of amides is 5. The van der Waals surface area contributed by atoms with Gasteiger partial charge in [-0.1, -0.05) is 29.8 Å². The summed E-state index contributed by atoms with van der Waals surface area (Å²) in [5, 5.41) is 12.1. The number of carbonyl (C=O) groups excluding carboxylic acids is 5. The lowest BCUT2D eigenvalue weighted by atomic mass is 9.95. The fraction of sp³-hybridized carbons (Fsp3) is 0.413. The van der Waals surface area contributed by atoms with E-state index in [2.05, 4.69) is 48.0 Å². The third kappa shape index (κ3) is 9.96. The SMILES string of the molecule is COc1cc(N2CCC(CN3CCN(C(=O)C(C)Nc4cccc5c4C(=O)N(C4CCC(=O)NC4=O)C5=O)CC3)CC2)c(C)cc1Nc1ncc(Cl)c(Nc2ccccc2N(C)S(C)(=O)=O)n1. The van der Waals surface area contributed by atoms with E-state index in [-0.39, 0.29) is 46.7 Å². The molecule has 3 aromatic carbocycles. The van der Waals surface area contributed by atoms with Crippen LogP contribution in [0.2, 0.25) is 5.02 Å². The first-order chi connectivity index (χ1) is 32.0. The molecule has 8 rings (SSSR count). The van der Waals surface area contributed by atoms with Crippen molar-refractivity contribution in [2.24, 2.45) is 5.92 Å². The molecule has 3 fully saturated rings. The number of benzene rings is 3. The first-order valence-corrected chi connectivity index (χ1v) is 24.4. The van der Waals surface area contributed by atoms with E-state index >= 15 is 0 Å². The number of ether oxygens (including phenoxy) is 1. The summed E-state index contributed by atoms with van der Waals surface area (Å²) in [6.07, 6.45) is 4.69. The Morgan fingerprint density at radius 1 is 0.940 bits per heavy atom. The Morgan fingerprint density at radius 3 is 2.36 bits per heavy atom. The molecule has 5 heterocycles. The van der Waals surface area contributed by atoms with Crippen LogP contribution in [-0.2, 0) is 24.4 Å². The fourth-order valence-corrected chi connectivity index (χ4v) is 9.81. The second-order valence-corrected chi connectivity index (χ2v) is 19.7. The minimum absolute atomic E-state index is 0.0278. The van der Waals surface area contributed by atoms with Crippen molar-refractivity contribution < 1.29 is 37.1 Å². The number of aromatic nitrogens is 2. The molecule has 2 atom stereocenters.